The molecule has 0 aliphatic rings. The SMILES string of the molecule is CC(C)(C)OC(=O)NC(CC(C(=O)O)C(C)(C)C)C(=O)O. The molecule has 0 rings (SSSR count). The van der Waals surface area contributed by atoms with Gasteiger partial charge < -0.3 is 20.3 Å². The first-order chi connectivity index (χ1) is 9.24. The highest BCUT2D eigenvalue weighted by molar-refractivity contribution is 5.81. The number of aliphatic carboxylic acids is 2. The first kappa shape index (κ1) is 19.2. The normalized spacial score (nSPS) is 15.0. The number of carbonyl (C=O) groups is 3. The second-order valence-corrected chi connectivity index (χ2v) is 7.03. The Morgan fingerprint density at radius 2 is 1.48 bits per heavy atom. The van der Waals surface area contributed by atoms with Crippen molar-refractivity contribution in [1.29, 1.82) is 0 Å². The van der Waals surface area contributed by atoms with Crippen molar-refractivity contribution in [3.05, 3.63) is 0 Å². The molecular formula is C14H25NO6. The molecule has 7 nitrogen and oxygen atoms in total. The van der Waals surface area contributed by atoms with Crippen molar-refractivity contribution in [1.82, 2.24) is 5.32 Å². The number of carbonyl (C=O) groups excluding carboxylic acids is 1. The van der Waals surface area contributed by atoms with Crippen LogP contribution in [-0.4, -0.2) is 39.9 Å². The molecule has 1 amide bonds. The van der Waals surface area contributed by atoms with Crippen LogP contribution in [0.1, 0.15) is 48.0 Å². The molecule has 0 heterocycles. The fourth-order valence-electron chi connectivity index (χ4n) is 1.73. The number of nitrogens with one attached hydrogen (secondary N) is 1. The molecular weight excluding hydrogens is 278 g/mol. The van der Waals surface area contributed by atoms with E-state index in [1.807, 2.05) is 0 Å². The zero-order chi connectivity index (χ0) is 17.0. The van der Waals surface area contributed by atoms with Gasteiger partial charge in [0, 0.05) is 0 Å². The summed E-state index contributed by atoms with van der Waals surface area (Å²) in [6.45, 7) is 10.1. The predicted molar refractivity (Wildman–Crippen MR) is 76.0 cm³/mol. The molecule has 2 unspecified atom stereocenters. The minimum absolute atomic E-state index is 0.215. The number of amides is 1. The van der Waals surface area contributed by atoms with Crippen molar-refractivity contribution in [3.8, 4) is 0 Å². The van der Waals surface area contributed by atoms with Gasteiger partial charge in [-0.05, 0) is 32.6 Å². The van der Waals surface area contributed by atoms with E-state index >= 15 is 0 Å². The van der Waals surface area contributed by atoms with Gasteiger partial charge in [-0.3, -0.25) is 4.79 Å². The highest BCUT2D eigenvalue weighted by Crippen LogP contribution is 2.30. The van der Waals surface area contributed by atoms with Gasteiger partial charge in [0.05, 0.1) is 5.92 Å². The molecule has 0 aliphatic heterocycles. The van der Waals surface area contributed by atoms with E-state index in [1.54, 1.807) is 41.5 Å². The largest absolute Gasteiger partial charge is 0.481 e. The van der Waals surface area contributed by atoms with Crippen LogP contribution >= 0.6 is 0 Å². The van der Waals surface area contributed by atoms with Crippen molar-refractivity contribution in [2.75, 3.05) is 0 Å². The quantitative estimate of drug-likeness (QED) is 0.717. The standard InChI is InChI=1S/C14H25NO6/c1-13(2,3)8(10(16)17)7-9(11(18)19)15-12(20)21-14(4,5)6/h8-9H,7H2,1-6H3,(H,15,20)(H,16,17)(H,18,19). The van der Waals surface area contributed by atoms with Crippen molar-refractivity contribution in [2.24, 2.45) is 11.3 Å². The fraction of sp³-hybridized carbons (Fsp3) is 0.786. The van der Waals surface area contributed by atoms with Crippen LogP contribution in [-0.2, 0) is 14.3 Å². The summed E-state index contributed by atoms with van der Waals surface area (Å²) in [6, 6.07) is -1.32. The second kappa shape index (κ2) is 6.78. The molecule has 0 radical (unpaired) electrons. The molecule has 0 aliphatic carbocycles. The maximum atomic E-state index is 11.6. The number of alkyl carbamates (subject to hydrolysis) is 1. The third-order valence-electron chi connectivity index (χ3n) is 2.80. The van der Waals surface area contributed by atoms with E-state index in [0.717, 1.165) is 0 Å². The first-order valence-electron chi connectivity index (χ1n) is 6.69. The molecule has 21 heavy (non-hydrogen) atoms. The predicted octanol–water partition coefficient (Wildman–Crippen LogP) is 2.10. The Kier molecular flexibility index (Phi) is 6.20. The van der Waals surface area contributed by atoms with Gasteiger partial charge in [0.25, 0.3) is 0 Å². The van der Waals surface area contributed by atoms with Crippen LogP contribution in [0.3, 0.4) is 0 Å². The van der Waals surface area contributed by atoms with Gasteiger partial charge in [0.15, 0.2) is 0 Å². The van der Waals surface area contributed by atoms with Crippen LogP contribution in [0.15, 0.2) is 0 Å². The van der Waals surface area contributed by atoms with Gasteiger partial charge >= 0.3 is 18.0 Å². The van der Waals surface area contributed by atoms with E-state index < -0.39 is 41.0 Å². The van der Waals surface area contributed by atoms with Gasteiger partial charge in [-0.1, -0.05) is 20.8 Å². The number of hydrogen-bond donors (Lipinski definition) is 3. The summed E-state index contributed by atoms with van der Waals surface area (Å²) in [5.74, 6) is -3.30. The lowest BCUT2D eigenvalue weighted by Crippen LogP contribution is -2.46. The van der Waals surface area contributed by atoms with E-state index in [4.69, 9.17) is 9.84 Å². The third kappa shape index (κ3) is 7.53. The van der Waals surface area contributed by atoms with Crippen LogP contribution in [0.25, 0.3) is 0 Å². The summed E-state index contributed by atoms with van der Waals surface area (Å²) >= 11 is 0. The van der Waals surface area contributed by atoms with Gasteiger partial charge in [-0.25, -0.2) is 9.59 Å². The maximum Gasteiger partial charge on any atom is 0.408 e. The Morgan fingerprint density at radius 1 is 1.00 bits per heavy atom. The molecule has 0 aromatic rings. The third-order valence-corrected chi connectivity index (χ3v) is 2.80. The van der Waals surface area contributed by atoms with Gasteiger partial charge in [0.2, 0.25) is 0 Å². The monoisotopic (exact) mass is 303 g/mol. The summed E-state index contributed by atoms with van der Waals surface area (Å²) in [6.07, 6.45) is -1.10. The summed E-state index contributed by atoms with van der Waals surface area (Å²) in [4.78, 5) is 34.1. The summed E-state index contributed by atoms with van der Waals surface area (Å²) in [5, 5.41) is 20.6. The Labute approximate surface area is 124 Å². The van der Waals surface area contributed by atoms with E-state index in [9.17, 15) is 19.5 Å². The molecule has 0 saturated carbocycles. The molecule has 0 aromatic heterocycles. The number of hydrogen-bond acceptors (Lipinski definition) is 4. The Hall–Kier alpha value is -1.79. The van der Waals surface area contributed by atoms with Crippen molar-refractivity contribution >= 4 is 18.0 Å². The summed E-state index contributed by atoms with van der Waals surface area (Å²) in [5.41, 5.74) is -1.39. The Morgan fingerprint density at radius 3 is 1.76 bits per heavy atom. The molecule has 0 spiro atoms. The van der Waals surface area contributed by atoms with Crippen LogP contribution in [0.4, 0.5) is 4.79 Å². The lowest BCUT2D eigenvalue weighted by molar-refractivity contribution is -0.147. The van der Waals surface area contributed by atoms with Crippen molar-refractivity contribution in [3.63, 3.8) is 0 Å². The fourth-order valence-corrected chi connectivity index (χ4v) is 1.73. The maximum absolute atomic E-state index is 11.6. The van der Waals surface area contributed by atoms with E-state index in [1.165, 1.54) is 0 Å². The number of carboxylic acid groups (broad SMARTS) is 2. The average molecular weight is 303 g/mol. The molecule has 0 fully saturated rings. The minimum atomic E-state index is -1.32. The number of carboxylic acids is 2. The highest BCUT2D eigenvalue weighted by Gasteiger charge is 2.36. The summed E-state index contributed by atoms with van der Waals surface area (Å²) in [7, 11) is 0. The Bertz CT molecular complexity index is 405. The highest BCUT2D eigenvalue weighted by atomic mass is 16.6. The van der Waals surface area contributed by atoms with E-state index in [0.29, 0.717) is 0 Å². The molecule has 3 N–H and O–H groups in total. The topological polar surface area (TPSA) is 113 Å². The molecule has 2 atom stereocenters. The van der Waals surface area contributed by atoms with Crippen molar-refractivity contribution < 1.29 is 29.3 Å². The van der Waals surface area contributed by atoms with E-state index in [-0.39, 0.29) is 6.42 Å². The molecule has 122 valence electrons. The average Bonchev–Trinajstić information content (AvgIpc) is 2.18. The van der Waals surface area contributed by atoms with Crippen molar-refractivity contribution in [2.45, 2.75) is 59.6 Å². The molecule has 0 saturated heterocycles. The molecule has 7 heteroatoms. The molecule has 0 aromatic carbocycles. The lowest BCUT2D eigenvalue weighted by Gasteiger charge is -2.29. The van der Waals surface area contributed by atoms with Gasteiger partial charge in [-0.15, -0.1) is 0 Å². The number of ether oxygens (including phenoxy) is 1. The smallest absolute Gasteiger partial charge is 0.408 e. The molecule has 0 bridgehead atoms. The second-order valence-electron chi connectivity index (χ2n) is 7.03. The zero-order valence-electron chi connectivity index (χ0n) is 13.4. The van der Waals surface area contributed by atoms with Crippen LogP contribution in [0.2, 0.25) is 0 Å². The van der Waals surface area contributed by atoms with Crippen LogP contribution in [0, 0.1) is 11.3 Å². The van der Waals surface area contributed by atoms with E-state index in [2.05, 4.69) is 5.32 Å². The lowest BCUT2D eigenvalue weighted by atomic mass is 9.77. The Balaban J connectivity index is 4.96. The zero-order valence-corrected chi connectivity index (χ0v) is 13.4. The summed E-state index contributed by atoms with van der Waals surface area (Å²) < 4.78 is 4.99. The van der Waals surface area contributed by atoms with Crippen LogP contribution in [0.5, 0.6) is 0 Å². The first-order valence-corrected chi connectivity index (χ1v) is 6.69. The van der Waals surface area contributed by atoms with Crippen LogP contribution < -0.4 is 5.32 Å². The van der Waals surface area contributed by atoms with Gasteiger partial charge in [0.1, 0.15) is 11.6 Å². The van der Waals surface area contributed by atoms with Gasteiger partial charge in [-0.2, -0.15) is 0 Å². The minimum Gasteiger partial charge on any atom is -0.481 e. The number of rotatable bonds is 5.